The Kier molecular flexibility index (Phi) is 5.74. The fourth-order valence-electron chi connectivity index (χ4n) is 3.20. The molecule has 5 heteroatoms. The summed E-state index contributed by atoms with van der Waals surface area (Å²) in [5.74, 6) is 1.50. The van der Waals surface area contributed by atoms with Crippen LogP contribution in [-0.4, -0.2) is 44.1 Å². The van der Waals surface area contributed by atoms with Gasteiger partial charge in [-0.05, 0) is 67.4 Å². The normalized spacial score (nSPS) is 15.7. The SMILES string of the molecule is CNCC1CCN(C(=O)COc2ccc3cc(Br)ccc3c2)CC1. The Labute approximate surface area is 151 Å². The molecule has 0 aromatic heterocycles. The number of halogens is 1. The molecule has 1 fully saturated rings. The molecule has 4 nitrogen and oxygen atoms in total. The summed E-state index contributed by atoms with van der Waals surface area (Å²) in [6.07, 6.45) is 2.13. The number of benzene rings is 2. The molecule has 1 heterocycles. The predicted molar refractivity (Wildman–Crippen MR) is 100 cm³/mol. The second-order valence-corrected chi connectivity index (χ2v) is 7.24. The van der Waals surface area contributed by atoms with Crippen molar-refractivity contribution >= 4 is 32.6 Å². The number of rotatable bonds is 5. The Morgan fingerprint density at radius 2 is 1.92 bits per heavy atom. The van der Waals surface area contributed by atoms with Crippen molar-refractivity contribution in [2.45, 2.75) is 12.8 Å². The van der Waals surface area contributed by atoms with E-state index in [4.69, 9.17) is 4.74 Å². The van der Waals surface area contributed by atoms with E-state index in [1.165, 1.54) is 0 Å². The summed E-state index contributed by atoms with van der Waals surface area (Å²) in [5.41, 5.74) is 0. The first-order chi connectivity index (χ1) is 11.7. The van der Waals surface area contributed by atoms with Crippen LogP contribution >= 0.6 is 15.9 Å². The minimum absolute atomic E-state index is 0.0776. The molecule has 1 amide bonds. The lowest BCUT2D eigenvalue weighted by Crippen LogP contribution is -2.42. The molecule has 3 rings (SSSR count). The minimum atomic E-state index is 0.0776. The number of nitrogens with zero attached hydrogens (tertiary/aromatic N) is 1. The molecule has 24 heavy (non-hydrogen) atoms. The third kappa shape index (κ3) is 4.28. The van der Waals surface area contributed by atoms with Gasteiger partial charge in [-0.1, -0.05) is 28.1 Å². The summed E-state index contributed by atoms with van der Waals surface area (Å²) in [5, 5.41) is 5.47. The molecule has 128 valence electrons. The van der Waals surface area contributed by atoms with Gasteiger partial charge in [0.1, 0.15) is 5.75 Å². The monoisotopic (exact) mass is 390 g/mol. The molecular formula is C19H23BrN2O2. The average Bonchev–Trinajstić information content (AvgIpc) is 2.60. The molecule has 2 aromatic rings. The maximum absolute atomic E-state index is 12.3. The Hall–Kier alpha value is -1.59. The molecular weight excluding hydrogens is 368 g/mol. The lowest BCUT2D eigenvalue weighted by molar-refractivity contribution is -0.134. The highest BCUT2D eigenvalue weighted by Crippen LogP contribution is 2.24. The number of nitrogens with one attached hydrogen (secondary N) is 1. The zero-order chi connectivity index (χ0) is 16.9. The number of hydrogen-bond acceptors (Lipinski definition) is 3. The molecule has 0 unspecified atom stereocenters. The zero-order valence-corrected chi connectivity index (χ0v) is 15.5. The van der Waals surface area contributed by atoms with Crippen LogP contribution in [0.4, 0.5) is 0 Å². The number of carbonyl (C=O) groups excluding carboxylic acids is 1. The molecule has 0 atom stereocenters. The Bertz CT molecular complexity index is 712. The van der Waals surface area contributed by atoms with Gasteiger partial charge < -0.3 is 15.0 Å². The molecule has 1 saturated heterocycles. The van der Waals surface area contributed by atoms with Crippen LogP contribution in [0.3, 0.4) is 0 Å². The summed E-state index contributed by atoms with van der Waals surface area (Å²) in [7, 11) is 1.98. The van der Waals surface area contributed by atoms with Gasteiger partial charge in [0.2, 0.25) is 0 Å². The van der Waals surface area contributed by atoms with Gasteiger partial charge in [-0.15, -0.1) is 0 Å². The van der Waals surface area contributed by atoms with Crippen LogP contribution in [0.5, 0.6) is 5.75 Å². The standard InChI is InChI=1S/C19H23BrN2O2/c1-21-12-14-6-8-22(9-7-14)19(23)13-24-18-5-3-15-10-17(20)4-2-16(15)11-18/h2-5,10-11,14,21H,6-9,12-13H2,1H3. The molecule has 0 bridgehead atoms. The van der Waals surface area contributed by atoms with E-state index in [9.17, 15) is 4.79 Å². The van der Waals surface area contributed by atoms with Crippen LogP contribution in [0.2, 0.25) is 0 Å². The van der Waals surface area contributed by atoms with Crippen LogP contribution in [0.15, 0.2) is 40.9 Å². The summed E-state index contributed by atoms with van der Waals surface area (Å²) in [6, 6.07) is 12.0. The van der Waals surface area contributed by atoms with Crippen molar-refractivity contribution in [1.29, 1.82) is 0 Å². The van der Waals surface area contributed by atoms with E-state index < -0.39 is 0 Å². The molecule has 1 aliphatic heterocycles. The largest absolute Gasteiger partial charge is 0.484 e. The number of piperidine rings is 1. The molecule has 2 aromatic carbocycles. The van der Waals surface area contributed by atoms with Gasteiger partial charge in [0, 0.05) is 17.6 Å². The first-order valence-corrected chi connectivity index (χ1v) is 9.19. The van der Waals surface area contributed by atoms with E-state index in [2.05, 4.69) is 27.3 Å². The minimum Gasteiger partial charge on any atom is -0.484 e. The quantitative estimate of drug-likeness (QED) is 0.849. The van der Waals surface area contributed by atoms with Crippen LogP contribution in [-0.2, 0) is 4.79 Å². The van der Waals surface area contributed by atoms with Gasteiger partial charge in [-0.25, -0.2) is 0 Å². The maximum Gasteiger partial charge on any atom is 0.260 e. The summed E-state index contributed by atoms with van der Waals surface area (Å²) < 4.78 is 6.77. The highest BCUT2D eigenvalue weighted by atomic mass is 79.9. The number of fused-ring (bicyclic) bond motifs is 1. The third-order valence-electron chi connectivity index (χ3n) is 4.60. The van der Waals surface area contributed by atoms with Gasteiger partial charge in [0.25, 0.3) is 5.91 Å². The Morgan fingerprint density at radius 3 is 2.67 bits per heavy atom. The van der Waals surface area contributed by atoms with Crippen molar-refractivity contribution in [2.24, 2.45) is 5.92 Å². The van der Waals surface area contributed by atoms with Crippen molar-refractivity contribution in [3.05, 3.63) is 40.9 Å². The highest BCUT2D eigenvalue weighted by molar-refractivity contribution is 9.10. The van der Waals surface area contributed by atoms with E-state index in [-0.39, 0.29) is 12.5 Å². The number of carbonyl (C=O) groups is 1. The molecule has 0 aliphatic carbocycles. The fourth-order valence-corrected chi connectivity index (χ4v) is 3.57. The summed E-state index contributed by atoms with van der Waals surface area (Å²) in [6.45, 7) is 2.81. The van der Waals surface area contributed by atoms with E-state index in [1.807, 2.05) is 42.3 Å². The van der Waals surface area contributed by atoms with Crippen LogP contribution in [0.25, 0.3) is 10.8 Å². The van der Waals surface area contributed by atoms with Crippen molar-refractivity contribution in [3.63, 3.8) is 0 Å². The number of likely N-dealkylation sites (tertiary alicyclic amines) is 1. The van der Waals surface area contributed by atoms with Gasteiger partial charge in [-0.3, -0.25) is 4.79 Å². The second kappa shape index (κ2) is 7.99. The Balaban J connectivity index is 1.54. The van der Waals surface area contributed by atoms with E-state index in [0.717, 1.165) is 53.5 Å². The topological polar surface area (TPSA) is 41.6 Å². The van der Waals surface area contributed by atoms with E-state index >= 15 is 0 Å². The zero-order valence-electron chi connectivity index (χ0n) is 13.9. The second-order valence-electron chi connectivity index (χ2n) is 6.32. The summed E-state index contributed by atoms with van der Waals surface area (Å²) >= 11 is 3.47. The molecule has 1 aliphatic rings. The average molecular weight is 391 g/mol. The lowest BCUT2D eigenvalue weighted by atomic mass is 9.97. The number of amides is 1. The van der Waals surface area contributed by atoms with E-state index in [0.29, 0.717) is 5.92 Å². The molecule has 0 saturated carbocycles. The van der Waals surface area contributed by atoms with Gasteiger partial charge in [0.05, 0.1) is 0 Å². The highest BCUT2D eigenvalue weighted by Gasteiger charge is 2.22. The fraction of sp³-hybridized carbons (Fsp3) is 0.421. The predicted octanol–water partition coefficient (Wildman–Crippen LogP) is 3.44. The summed E-state index contributed by atoms with van der Waals surface area (Å²) in [4.78, 5) is 14.2. The van der Waals surface area contributed by atoms with Crippen LogP contribution in [0, 0.1) is 5.92 Å². The first-order valence-electron chi connectivity index (χ1n) is 8.40. The van der Waals surface area contributed by atoms with Crippen LogP contribution in [0.1, 0.15) is 12.8 Å². The first kappa shape index (κ1) is 17.2. The van der Waals surface area contributed by atoms with Crippen molar-refractivity contribution < 1.29 is 9.53 Å². The molecule has 0 spiro atoms. The van der Waals surface area contributed by atoms with Gasteiger partial charge >= 0.3 is 0 Å². The Morgan fingerprint density at radius 1 is 1.21 bits per heavy atom. The lowest BCUT2D eigenvalue weighted by Gasteiger charge is -2.31. The van der Waals surface area contributed by atoms with Crippen molar-refractivity contribution in [1.82, 2.24) is 10.2 Å². The van der Waals surface area contributed by atoms with Crippen molar-refractivity contribution in [3.8, 4) is 5.75 Å². The smallest absolute Gasteiger partial charge is 0.260 e. The van der Waals surface area contributed by atoms with Crippen molar-refractivity contribution in [2.75, 3.05) is 33.3 Å². The number of hydrogen-bond donors (Lipinski definition) is 1. The maximum atomic E-state index is 12.3. The molecule has 1 N–H and O–H groups in total. The third-order valence-corrected chi connectivity index (χ3v) is 5.09. The number of ether oxygens (including phenoxy) is 1. The van der Waals surface area contributed by atoms with E-state index in [1.54, 1.807) is 0 Å². The molecule has 0 radical (unpaired) electrons. The van der Waals surface area contributed by atoms with Gasteiger partial charge in [0.15, 0.2) is 6.61 Å². The van der Waals surface area contributed by atoms with Gasteiger partial charge in [-0.2, -0.15) is 0 Å². The van der Waals surface area contributed by atoms with Crippen LogP contribution < -0.4 is 10.1 Å².